The zero-order valence-electron chi connectivity index (χ0n) is 18.6. The Hall–Kier alpha value is -3.38. The van der Waals surface area contributed by atoms with Crippen LogP contribution in [0.15, 0.2) is 53.3 Å². The number of nitrogens with zero attached hydrogens (tertiary/aromatic N) is 5. The summed E-state index contributed by atoms with van der Waals surface area (Å²) in [5.41, 5.74) is 3.33. The van der Waals surface area contributed by atoms with Gasteiger partial charge < -0.3 is 4.57 Å². The molecule has 0 aliphatic heterocycles. The lowest BCUT2D eigenvalue weighted by molar-refractivity contribution is 0.574. The molecule has 0 radical (unpaired) electrons. The van der Waals surface area contributed by atoms with Crippen LogP contribution in [0.25, 0.3) is 22.1 Å². The van der Waals surface area contributed by atoms with Gasteiger partial charge >= 0.3 is 5.69 Å². The summed E-state index contributed by atoms with van der Waals surface area (Å²) in [5, 5.41) is 8.78. The molecule has 0 bridgehead atoms. The summed E-state index contributed by atoms with van der Waals surface area (Å²) < 4.78 is 28.8. The summed E-state index contributed by atoms with van der Waals surface area (Å²) in [6, 6.07) is 17.6. The minimum atomic E-state index is -3.06. The first kappa shape index (κ1) is 22.8. The number of unbranched alkanes of at least 4 members (excludes halogenated alkanes) is 2. The Morgan fingerprint density at radius 3 is 2.21 bits per heavy atom. The summed E-state index contributed by atoms with van der Waals surface area (Å²) >= 11 is 0. The summed E-state index contributed by atoms with van der Waals surface area (Å²) in [5.74, 6) is 0.820. The molecule has 2 aromatic heterocycles. The molecular formula is C24H27N5O3S. The number of rotatable bonds is 10. The number of benzene rings is 2. The number of imidazole rings is 2. The molecule has 2 aromatic carbocycles. The van der Waals surface area contributed by atoms with Crippen LogP contribution in [-0.4, -0.2) is 39.1 Å². The summed E-state index contributed by atoms with van der Waals surface area (Å²) in [6.07, 6.45) is 3.70. The van der Waals surface area contributed by atoms with Crippen molar-refractivity contribution in [1.29, 1.82) is 5.26 Å². The van der Waals surface area contributed by atoms with E-state index < -0.39 is 9.84 Å². The van der Waals surface area contributed by atoms with Crippen LogP contribution in [0.4, 0.5) is 0 Å². The average molecular weight is 466 g/mol. The van der Waals surface area contributed by atoms with E-state index in [1.807, 2.05) is 53.1 Å². The molecule has 0 saturated heterocycles. The van der Waals surface area contributed by atoms with E-state index in [9.17, 15) is 13.2 Å². The highest BCUT2D eigenvalue weighted by Gasteiger charge is 2.17. The van der Waals surface area contributed by atoms with Crippen LogP contribution in [0.5, 0.6) is 0 Å². The Labute approximate surface area is 192 Å². The van der Waals surface area contributed by atoms with Crippen molar-refractivity contribution < 1.29 is 8.42 Å². The van der Waals surface area contributed by atoms with Crippen LogP contribution in [-0.2, 0) is 29.5 Å². The third kappa shape index (κ3) is 5.01. The number of para-hydroxylation sites is 4. The van der Waals surface area contributed by atoms with Gasteiger partial charge in [-0.05, 0) is 43.5 Å². The molecule has 33 heavy (non-hydrogen) atoms. The maximum Gasteiger partial charge on any atom is 0.329 e. The van der Waals surface area contributed by atoms with Crippen molar-refractivity contribution in [2.24, 2.45) is 0 Å². The quantitative estimate of drug-likeness (QED) is 0.334. The van der Waals surface area contributed by atoms with Crippen LogP contribution < -0.4 is 5.69 Å². The number of hydrogen-bond donors (Lipinski definition) is 0. The minimum absolute atomic E-state index is 0.0981. The largest absolute Gasteiger partial charge is 0.329 e. The third-order valence-electron chi connectivity index (χ3n) is 5.78. The Kier molecular flexibility index (Phi) is 6.65. The lowest BCUT2D eigenvalue weighted by Gasteiger charge is -2.10. The molecule has 2 heterocycles. The van der Waals surface area contributed by atoms with Crippen molar-refractivity contribution in [2.45, 2.75) is 45.3 Å². The molecular weight excluding hydrogens is 438 g/mol. The lowest BCUT2D eigenvalue weighted by atomic mass is 10.2. The Morgan fingerprint density at radius 2 is 1.52 bits per heavy atom. The van der Waals surface area contributed by atoms with Gasteiger partial charge in [-0.1, -0.05) is 24.3 Å². The number of aromatic nitrogens is 4. The summed E-state index contributed by atoms with van der Waals surface area (Å²) in [4.78, 5) is 18.1. The maximum atomic E-state index is 13.4. The Morgan fingerprint density at radius 1 is 0.879 bits per heavy atom. The Bertz CT molecular complexity index is 1490. The summed E-state index contributed by atoms with van der Waals surface area (Å²) in [7, 11) is -3.06. The molecule has 0 atom stereocenters. The van der Waals surface area contributed by atoms with Gasteiger partial charge in [0.25, 0.3) is 0 Å². The zero-order valence-corrected chi connectivity index (χ0v) is 19.5. The Balaban J connectivity index is 1.72. The molecule has 0 saturated carbocycles. The number of aryl methyl sites for hydroxylation is 2. The van der Waals surface area contributed by atoms with E-state index in [1.54, 1.807) is 9.13 Å². The fraction of sp³-hybridized carbons (Fsp3) is 0.375. The molecule has 0 spiro atoms. The van der Waals surface area contributed by atoms with Gasteiger partial charge in [0.05, 0.1) is 40.4 Å². The van der Waals surface area contributed by atoms with Gasteiger partial charge in [0, 0.05) is 25.8 Å². The highest BCUT2D eigenvalue weighted by molar-refractivity contribution is 7.90. The SMILES string of the molecule is CS(=O)(=O)CCCn1c(Cn2c(=O)n(CCCCC#N)c3ccccc32)nc2ccccc21. The fourth-order valence-electron chi connectivity index (χ4n) is 4.24. The second-order valence-electron chi connectivity index (χ2n) is 8.28. The maximum absolute atomic E-state index is 13.4. The number of hydrogen-bond acceptors (Lipinski definition) is 5. The van der Waals surface area contributed by atoms with Gasteiger partial charge in [-0.25, -0.2) is 18.2 Å². The van der Waals surface area contributed by atoms with Crippen LogP contribution in [0.2, 0.25) is 0 Å². The van der Waals surface area contributed by atoms with Gasteiger partial charge in [0.15, 0.2) is 0 Å². The first-order valence-electron chi connectivity index (χ1n) is 11.1. The van der Waals surface area contributed by atoms with Crippen molar-refractivity contribution >= 4 is 31.9 Å². The average Bonchev–Trinajstić information content (AvgIpc) is 3.26. The van der Waals surface area contributed by atoms with Crippen molar-refractivity contribution in [3.05, 3.63) is 64.8 Å². The predicted molar refractivity (Wildman–Crippen MR) is 129 cm³/mol. The monoisotopic (exact) mass is 465 g/mol. The van der Waals surface area contributed by atoms with Crippen LogP contribution in [0.1, 0.15) is 31.5 Å². The van der Waals surface area contributed by atoms with E-state index in [0.717, 1.165) is 40.7 Å². The molecule has 0 N–H and O–H groups in total. The standard InChI is InChI=1S/C24H27N5O3S/c1-33(31,32)17-9-16-27-20-11-4-3-10-19(20)26-23(27)18-29-22-13-6-5-12-21(22)28(24(29)30)15-8-2-7-14-25/h3-6,10-13H,2,7-9,15-18H2,1H3. The van der Waals surface area contributed by atoms with Gasteiger partial charge in [-0.3, -0.25) is 9.13 Å². The van der Waals surface area contributed by atoms with Crippen molar-refractivity contribution in [2.75, 3.05) is 12.0 Å². The molecule has 0 amide bonds. The van der Waals surface area contributed by atoms with E-state index in [-0.39, 0.29) is 18.0 Å². The minimum Gasteiger partial charge on any atom is -0.326 e. The topological polar surface area (TPSA) is 103 Å². The van der Waals surface area contributed by atoms with Gasteiger partial charge in [0.2, 0.25) is 0 Å². The van der Waals surface area contributed by atoms with Crippen LogP contribution >= 0.6 is 0 Å². The smallest absolute Gasteiger partial charge is 0.326 e. The second-order valence-corrected chi connectivity index (χ2v) is 10.5. The second kappa shape index (κ2) is 9.63. The molecule has 9 heteroatoms. The molecule has 0 unspecified atom stereocenters. The molecule has 0 aliphatic carbocycles. The zero-order chi connectivity index (χ0) is 23.4. The van der Waals surface area contributed by atoms with Crippen molar-refractivity contribution in [1.82, 2.24) is 18.7 Å². The molecule has 0 fully saturated rings. The normalized spacial score (nSPS) is 11.9. The summed E-state index contributed by atoms with van der Waals surface area (Å²) in [6.45, 7) is 1.35. The van der Waals surface area contributed by atoms with Crippen molar-refractivity contribution in [3.63, 3.8) is 0 Å². The van der Waals surface area contributed by atoms with E-state index in [1.165, 1.54) is 6.26 Å². The van der Waals surface area contributed by atoms with Gasteiger partial charge in [-0.2, -0.15) is 5.26 Å². The number of sulfone groups is 1. The molecule has 4 rings (SSSR count). The molecule has 4 aromatic rings. The number of nitriles is 1. The van der Waals surface area contributed by atoms with E-state index >= 15 is 0 Å². The number of fused-ring (bicyclic) bond motifs is 2. The predicted octanol–water partition coefficient (Wildman–Crippen LogP) is 3.33. The van der Waals surface area contributed by atoms with E-state index in [0.29, 0.717) is 25.9 Å². The molecule has 0 aliphatic rings. The fourth-order valence-corrected chi connectivity index (χ4v) is 4.89. The van der Waals surface area contributed by atoms with Crippen LogP contribution in [0.3, 0.4) is 0 Å². The first-order valence-corrected chi connectivity index (χ1v) is 13.1. The first-order chi connectivity index (χ1) is 15.9. The highest BCUT2D eigenvalue weighted by atomic mass is 32.2. The van der Waals surface area contributed by atoms with Crippen LogP contribution in [0, 0.1) is 11.3 Å². The third-order valence-corrected chi connectivity index (χ3v) is 6.81. The lowest BCUT2D eigenvalue weighted by Crippen LogP contribution is -2.26. The molecule has 172 valence electrons. The van der Waals surface area contributed by atoms with E-state index in [4.69, 9.17) is 10.2 Å². The highest BCUT2D eigenvalue weighted by Crippen LogP contribution is 2.20. The van der Waals surface area contributed by atoms with Gasteiger partial charge in [0.1, 0.15) is 15.7 Å². The van der Waals surface area contributed by atoms with Gasteiger partial charge in [-0.15, -0.1) is 0 Å². The van der Waals surface area contributed by atoms with Crippen molar-refractivity contribution in [3.8, 4) is 6.07 Å². The molecule has 8 nitrogen and oxygen atoms in total. The van der Waals surface area contributed by atoms with E-state index in [2.05, 4.69) is 6.07 Å².